The molecule has 3 aromatic rings. The molecule has 0 atom stereocenters. The van der Waals surface area contributed by atoms with E-state index in [-0.39, 0.29) is 28.2 Å². The second-order valence-corrected chi connectivity index (χ2v) is 6.12. The van der Waals surface area contributed by atoms with Crippen LogP contribution >= 0.6 is 0 Å². The first-order valence-electron chi connectivity index (χ1n) is 8.29. The molecule has 0 fully saturated rings. The van der Waals surface area contributed by atoms with Crippen molar-refractivity contribution in [3.63, 3.8) is 0 Å². The molecule has 4 N–H and O–H groups in total. The molecule has 0 aliphatic rings. The molecule has 0 aliphatic heterocycles. The number of nitrogens with one attached hydrogen (secondary N) is 2. The SMILES string of the molecule is Cc1cc(F)ccc1Oc1cc(C(F)(F)F)ccc1C(=O)Nc1cc[nH]c(=O)c1.O. The number of aryl methyl sites for hydroxylation is 1. The third-order valence-electron chi connectivity index (χ3n) is 3.94. The molecular formula is C20H16F4N2O4. The highest BCUT2D eigenvalue weighted by molar-refractivity contribution is 6.06. The number of rotatable bonds is 4. The Bertz CT molecular complexity index is 1130. The van der Waals surface area contributed by atoms with Gasteiger partial charge in [-0.2, -0.15) is 13.2 Å². The van der Waals surface area contributed by atoms with E-state index in [2.05, 4.69) is 10.3 Å². The van der Waals surface area contributed by atoms with Crippen LogP contribution in [0.25, 0.3) is 0 Å². The molecule has 1 amide bonds. The van der Waals surface area contributed by atoms with E-state index in [1.54, 1.807) is 0 Å². The normalized spacial score (nSPS) is 10.8. The van der Waals surface area contributed by atoms with Crippen molar-refractivity contribution in [1.82, 2.24) is 4.98 Å². The fourth-order valence-electron chi connectivity index (χ4n) is 2.54. The zero-order valence-corrected chi connectivity index (χ0v) is 15.4. The van der Waals surface area contributed by atoms with Crippen molar-refractivity contribution in [3.05, 3.63) is 87.6 Å². The minimum atomic E-state index is -4.66. The molecule has 0 bridgehead atoms. The first kappa shape index (κ1) is 22.6. The van der Waals surface area contributed by atoms with Gasteiger partial charge in [0.2, 0.25) is 5.56 Å². The summed E-state index contributed by atoms with van der Waals surface area (Å²) in [6, 6.07) is 8.43. The summed E-state index contributed by atoms with van der Waals surface area (Å²) >= 11 is 0. The number of alkyl halides is 3. The monoisotopic (exact) mass is 424 g/mol. The number of H-pyrrole nitrogens is 1. The van der Waals surface area contributed by atoms with Gasteiger partial charge in [0.1, 0.15) is 17.3 Å². The number of carbonyl (C=O) groups excluding carboxylic acids is 1. The third kappa shape index (κ3) is 5.23. The van der Waals surface area contributed by atoms with Crippen molar-refractivity contribution in [2.45, 2.75) is 13.1 Å². The van der Waals surface area contributed by atoms with Crippen LogP contribution in [-0.4, -0.2) is 16.4 Å². The molecule has 2 aromatic carbocycles. The zero-order valence-electron chi connectivity index (χ0n) is 15.4. The van der Waals surface area contributed by atoms with Gasteiger partial charge in [-0.25, -0.2) is 4.39 Å². The number of carbonyl (C=O) groups is 1. The van der Waals surface area contributed by atoms with Gasteiger partial charge < -0.3 is 20.5 Å². The van der Waals surface area contributed by atoms with Gasteiger partial charge in [0.25, 0.3) is 5.91 Å². The van der Waals surface area contributed by atoms with Crippen LogP contribution in [0, 0.1) is 12.7 Å². The lowest BCUT2D eigenvalue weighted by Crippen LogP contribution is -2.16. The van der Waals surface area contributed by atoms with Crippen LogP contribution in [0.2, 0.25) is 0 Å². The maximum Gasteiger partial charge on any atom is 0.416 e. The Labute approximate surface area is 167 Å². The molecule has 1 aromatic heterocycles. The summed E-state index contributed by atoms with van der Waals surface area (Å²) in [5.74, 6) is -1.59. The Hall–Kier alpha value is -3.66. The molecule has 0 radical (unpaired) electrons. The Morgan fingerprint density at radius 1 is 1.03 bits per heavy atom. The summed E-state index contributed by atoms with van der Waals surface area (Å²) in [4.78, 5) is 26.3. The predicted octanol–water partition coefficient (Wildman–Crippen LogP) is 4.06. The summed E-state index contributed by atoms with van der Waals surface area (Å²) in [6.45, 7) is 1.52. The van der Waals surface area contributed by atoms with Crippen LogP contribution < -0.4 is 15.6 Å². The smallest absolute Gasteiger partial charge is 0.416 e. The molecule has 30 heavy (non-hydrogen) atoms. The summed E-state index contributed by atoms with van der Waals surface area (Å²) < 4.78 is 58.2. The summed E-state index contributed by atoms with van der Waals surface area (Å²) in [5.41, 5.74) is -1.18. The lowest BCUT2D eigenvalue weighted by molar-refractivity contribution is -0.137. The standard InChI is InChI=1S/C20H14F4N2O3.H2O/c1-11-8-13(21)3-5-16(11)29-17-9-12(20(22,23)24)2-4-15(17)19(28)26-14-6-7-25-18(27)10-14;/h2-10H,1H3,(H2,25,26,27,28);1H2. The number of hydrogen-bond donors (Lipinski definition) is 2. The van der Waals surface area contributed by atoms with Crippen molar-refractivity contribution < 1.29 is 32.6 Å². The summed E-state index contributed by atoms with van der Waals surface area (Å²) in [6.07, 6.45) is -3.35. The van der Waals surface area contributed by atoms with Crippen molar-refractivity contribution in [3.8, 4) is 11.5 Å². The summed E-state index contributed by atoms with van der Waals surface area (Å²) in [7, 11) is 0. The molecule has 10 heteroatoms. The minimum Gasteiger partial charge on any atom is -0.456 e. The first-order chi connectivity index (χ1) is 13.6. The number of amides is 1. The van der Waals surface area contributed by atoms with Gasteiger partial charge in [-0.05, 0) is 55.0 Å². The fraction of sp³-hybridized carbons (Fsp3) is 0.100. The molecule has 0 spiro atoms. The Morgan fingerprint density at radius 3 is 2.40 bits per heavy atom. The number of pyridine rings is 1. The highest BCUT2D eigenvalue weighted by atomic mass is 19.4. The molecular weight excluding hydrogens is 408 g/mol. The van der Waals surface area contributed by atoms with Crippen molar-refractivity contribution in [1.29, 1.82) is 0 Å². The molecule has 0 aliphatic carbocycles. The molecule has 0 unspecified atom stereocenters. The van der Waals surface area contributed by atoms with E-state index in [4.69, 9.17) is 4.74 Å². The van der Waals surface area contributed by atoms with Crippen LogP contribution in [0.5, 0.6) is 11.5 Å². The van der Waals surface area contributed by atoms with Crippen molar-refractivity contribution in [2.75, 3.05) is 5.32 Å². The van der Waals surface area contributed by atoms with Crippen LogP contribution in [-0.2, 0) is 6.18 Å². The van der Waals surface area contributed by atoms with Gasteiger partial charge in [0, 0.05) is 18.0 Å². The average molecular weight is 424 g/mol. The van der Waals surface area contributed by atoms with E-state index in [0.29, 0.717) is 11.6 Å². The van der Waals surface area contributed by atoms with Gasteiger partial charge in [-0.3, -0.25) is 9.59 Å². The molecule has 0 saturated carbocycles. The van der Waals surface area contributed by atoms with Gasteiger partial charge in [-0.15, -0.1) is 0 Å². The van der Waals surface area contributed by atoms with Gasteiger partial charge in [0.05, 0.1) is 11.1 Å². The van der Waals surface area contributed by atoms with Crippen molar-refractivity contribution >= 4 is 11.6 Å². The lowest BCUT2D eigenvalue weighted by atomic mass is 10.1. The van der Waals surface area contributed by atoms with Crippen LogP contribution in [0.3, 0.4) is 0 Å². The van der Waals surface area contributed by atoms with E-state index in [1.165, 1.54) is 25.3 Å². The second kappa shape index (κ2) is 8.78. The number of ether oxygens (including phenoxy) is 1. The zero-order chi connectivity index (χ0) is 21.2. The third-order valence-corrected chi connectivity index (χ3v) is 3.94. The average Bonchev–Trinajstić information content (AvgIpc) is 2.63. The van der Waals surface area contributed by atoms with E-state index in [9.17, 15) is 27.2 Å². The molecule has 0 saturated heterocycles. The summed E-state index contributed by atoms with van der Waals surface area (Å²) in [5, 5.41) is 2.43. The van der Waals surface area contributed by atoms with Crippen LogP contribution in [0.4, 0.5) is 23.2 Å². The van der Waals surface area contributed by atoms with E-state index >= 15 is 0 Å². The fourth-order valence-corrected chi connectivity index (χ4v) is 2.54. The maximum atomic E-state index is 13.3. The highest BCUT2D eigenvalue weighted by Gasteiger charge is 2.32. The number of anilines is 1. The van der Waals surface area contributed by atoms with E-state index in [0.717, 1.165) is 30.3 Å². The van der Waals surface area contributed by atoms with Crippen LogP contribution in [0.1, 0.15) is 21.5 Å². The van der Waals surface area contributed by atoms with Gasteiger partial charge in [-0.1, -0.05) is 0 Å². The maximum absolute atomic E-state index is 13.3. The molecule has 158 valence electrons. The predicted molar refractivity (Wildman–Crippen MR) is 101 cm³/mol. The molecule has 3 rings (SSSR count). The highest BCUT2D eigenvalue weighted by Crippen LogP contribution is 2.36. The molecule has 1 heterocycles. The van der Waals surface area contributed by atoms with E-state index in [1.807, 2.05) is 0 Å². The number of benzene rings is 2. The Morgan fingerprint density at radius 2 is 1.77 bits per heavy atom. The first-order valence-corrected chi connectivity index (χ1v) is 8.29. The number of aromatic amines is 1. The van der Waals surface area contributed by atoms with Gasteiger partial charge in [0.15, 0.2) is 0 Å². The minimum absolute atomic E-state index is 0. The largest absolute Gasteiger partial charge is 0.456 e. The quantitative estimate of drug-likeness (QED) is 0.618. The second-order valence-electron chi connectivity index (χ2n) is 6.12. The Balaban J connectivity index is 0.00000320. The van der Waals surface area contributed by atoms with Gasteiger partial charge >= 0.3 is 6.18 Å². The van der Waals surface area contributed by atoms with E-state index < -0.39 is 29.0 Å². The number of halogens is 4. The number of aromatic nitrogens is 1. The topological polar surface area (TPSA) is 103 Å². The number of hydrogen-bond acceptors (Lipinski definition) is 3. The Kier molecular flexibility index (Phi) is 6.63. The van der Waals surface area contributed by atoms with Crippen LogP contribution in [0.15, 0.2) is 59.5 Å². The van der Waals surface area contributed by atoms with Crippen molar-refractivity contribution in [2.24, 2.45) is 0 Å². The lowest BCUT2D eigenvalue weighted by Gasteiger charge is -2.15. The molecule has 6 nitrogen and oxygen atoms in total.